The molecule has 186 valence electrons. The molecule has 0 radical (unpaired) electrons. The van der Waals surface area contributed by atoms with Gasteiger partial charge in [-0.2, -0.15) is 0 Å². The minimum atomic E-state index is -0.202. The number of benzene rings is 1. The van der Waals surface area contributed by atoms with Crippen LogP contribution < -0.4 is 0 Å². The molecule has 8 unspecified atom stereocenters. The van der Waals surface area contributed by atoms with Crippen LogP contribution in [0.3, 0.4) is 0 Å². The number of hydrogen-bond acceptors (Lipinski definition) is 2. The zero-order chi connectivity index (χ0) is 23.6. The van der Waals surface area contributed by atoms with Crippen molar-refractivity contribution in [2.45, 2.75) is 104 Å². The van der Waals surface area contributed by atoms with Crippen LogP contribution in [0.4, 0.5) is 0 Å². The van der Waals surface area contributed by atoms with Gasteiger partial charge in [-0.15, -0.1) is 0 Å². The second-order valence-corrected chi connectivity index (χ2v) is 13.7. The lowest BCUT2D eigenvalue weighted by atomic mass is 9.38. The molecule has 2 heteroatoms. The maximum Gasteiger partial charge on any atom is 0.312 e. The number of ether oxygens (including phenoxy) is 1. The lowest BCUT2D eigenvalue weighted by Crippen LogP contribution is -2.60. The van der Waals surface area contributed by atoms with E-state index in [2.05, 4.69) is 32.9 Å². The van der Waals surface area contributed by atoms with Gasteiger partial charge >= 0.3 is 5.97 Å². The summed E-state index contributed by atoms with van der Waals surface area (Å²) in [6, 6.07) is 10.2. The van der Waals surface area contributed by atoms with Gasteiger partial charge in [-0.25, -0.2) is 0 Å². The topological polar surface area (TPSA) is 26.3 Å². The van der Waals surface area contributed by atoms with Crippen molar-refractivity contribution in [1.29, 1.82) is 0 Å². The van der Waals surface area contributed by atoms with E-state index in [1.807, 2.05) is 18.2 Å². The van der Waals surface area contributed by atoms with Crippen LogP contribution in [-0.2, 0) is 16.1 Å². The molecule has 0 bridgehead atoms. The van der Waals surface area contributed by atoms with Crippen LogP contribution in [0.1, 0.15) is 103 Å². The van der Waals surface area contributed by atoms with E-state index in [4.69, 9.17) is 4.74 Å². The van der Waals surface area contributed by atoms with Gasteiger partial charge in [-0.1, -0.05) is 70.4 Å². The van der Waals surface area contributed by atoms with E-state index in [1.54, 1.807) is 0 Å². The Labute approximate surface area is 207 Å². The molecule has 0 spiro atoms. The Bertz CT molecular complexity index is 909. The highest BCUT2D eigenvalue weighted by Crippen LogP contribution is 2.71. The van der Waals surface area contributed by atoms with Crippen LogP contribution in [0.25, 0.3) is 0 Å². The minimum absolute atomic E-state index is 0.125. The smallest absolute Gasteiger partial charge is 0.312 e. The molecule has 0 aromatic heterocycles. The van der Waals surface area contributed by atoms with E-state index in [0.717, 1.165) is 48.0 Å². The van der Waals surface area contributed by atoms with Crippen LogP contribution in [0.5, 0.6) is 0 Å². The molecule has 9 atom stereocenters. The Morgan fingerprint density at radius 1 is 0.765 bits per heavy atom. The summed E-state index contributed by atoms with van der Waals surface area (Å²) in [4.78, 5) is 13.7. The molecule has 0 amide bonds. The second kappa shape index (κ2) is 8.38. The Kier molecular flexibility index (Phi) is 5.69. The highest BCUT2D eigenvalue weighted by Gasteiger charge is 2.65. The van der Waals surface area contributed by atoms with Crippen molar-refractivity contribution < 1.29 is 9.53 Å². The molecule has 5 aliphatic carbocycles. The molecular weight excluding hydrogens is 416 g/mol. The van der Waals surface area contributed by atoms with Crippen LogP contribution in [-0.4, -0.2) is 5.97 Å². The zero-order valence-electron chi connectivity index (χ0n) is 21.9. The van der Waals surface area contributed by atoms with Crippen molar-refractivity contribution in [2.75, 3.05) is 0 Å². The van der Waals surface area contributed by atoms with E-state index in [0.29, 0.717) is 23.4 Å². The summed E-state index contributed by atoms with van der Waals surface area (Å²) in [7, 11) is 0. The van der Waals surface area contributed by atoms with Crippen molar-refractivity contribution in [1.82, 2.24) is 0 Å². The molecule has 1 aromatic carbocycles. The predicted molar refractivity (Wildman–Crippen MR) is 137 cm³/mol. The Morgan fingerprint density at radius 3 is 2.12 bits per heavy atom. The van der Waals surface area contributed by atoms with Gasteiger partial charge in [-0.3, -0.25) is 4.79 Å². The van der Waals surface area contributed by atoms with E-state index in [-0.39, 0.29) is 11.4 Å². The van der Waals surface area contributed by atoms with Gasteiger partial charge in [0.05, 0.1) is 5.41 Å². The van der Waals surface area contributed by atoms with Gasteiger partial charge in [0.2, 0.25) is 0 Å². The molecule has 34 heavy (non-hydrogen) atoms. The summed E-state index contributed by atoms with van der Waals surface area (Å²) in [6.45, 7) is 8.34. The third-order valence-corrected chi connectivity index (χ3v) is 12.6. The average Bonchev–Trinajstić information content (AvgIpc) is 3.28. The lowest BCUT2D eigenvalue weighted by Gasteiger charge is -2.66. The van der Waals surface area contributed by atoms with Gasteiger partial charge in [-0.05, 0) is 110 Å². The van der Waals surface area contributed by atoms with E-state index >= 15 is 0 Å². The van der Waals surface area contributed by atoms with Crippen molar-refractivity contribution >= 4 is 5.97 Å². The fraction of sp³-hybridized carbons (Fsp3) is 0.781. The van der Waals surface area contributed by atoms with Gasteiger partial charge in [0.1, 0.15) is 6.61 Å². The van der Waals surface area contributed by atoms with Gasteiger partial charge in [0.15, 0.2) is 0 Å². The molecule has 5 aliphatic rings. The summed E-state index contributed by atoms with van der Waals surface area (Å²) < 4.78 is 6.05. The van der Waals surface area contributed by atoms with Gasteiger partial charge in [0, 0.05) is 0 Å². The highest BCUT2D eigenvalue weighted by atomic mass is 16.5. The zero-order valence-corrected chi connectivity index (χ0v) is 21.9. The van der Waals surface area contributed by atoms with E-state index in [9.17, 15) is 4.79 Å². The van der Waals surface area contributed by atoms with Crippen molar-refractivity contribution in [3.05, 3.63) is 35.9 Å². The molecule has 1 aromatic rings. The van der Waals surface area contributed by atoms with Crippen LogP contribution in [0.15, 0.2) is 30.3 Å². The fourth-order valence-corrected chi connectivity index (χ4v) is 11.0. The van der Waals surface area contributed by atoms with Gasteiger partial charge in [0.25, 0.3) is 0 Å². The van der Waals surface area contributed by atoms with E-state index < -0.39 is 0 Å². The number of esters is 1. The monoisotopic (exact) mass is 462 g/mol. The molecule has 0 saturated heterocycles. The molecule has 5 saturated carbocycles. The maximum absolute atomic E-state index is 13.7. The largest absolute Gasteiger partial charge is 0.460 e. The molecule has 0 heterocycles. The van der Waals surface area contributed by atoms with Crippen LogP contribution >= 0.6 is 0 Å². The van der Waals surface area contributed by atoms with Crippen molar-refractivity contribution in [2.24, 2.45) is 51.8 Å². The number of hydrogen-bond donors (Lipinski definition) is 0. The molecule has 2 nitrogen and oxygen atoms in total. The van der Waals surface area contributed by atoms with Gasteiger partial charge < -0.3 is 4.74 Å². The summed E-state index contributed by atoms with van der Waals surface area (Å²) >= 11 is 0. The molecule has 0 aliphatic heterocycles. The molecule has 0 N–H and O–H groups in total. The lowest BCUT2D eigenvalue weighted by molar-refractivity contribution is -0.192. The summed E-state index contributed by atoms with van der Waals surface area (Å²) in [5, 5.41) is 0. The summed E-state index contributed by atoms with van der Waals surface area (Å²) in [5.41, 5.74) is 1.89. The molecular formula is C32H46O2. The first-order valence-corrected chi connectivity index (χ1v) is 14.6. The summed E-state index contributed by atoms with van der Waals surface area (Å²) in [6.07, 6.45) is 15.8. The first-order valence-electron chi connectivity index (χ1n) is 14.6. The third kappa shape index (κ3) is 3.29. The number of fused-ring (bicyclic) bond motifs is 7. The standard InChI is InChI=1S/C32H46O2/c1-22-9-7-17-30(2)24(22)13-14-26-25(30)15-16-27-28-12-8-18-32(28,20-19-31(26,27)3)29(33)34-21-23-10-5-4-6-11-23/h4-6,10-11,22,24-28H,7-9,12-21H2,1-3H3/t22?,24?,25?,26?,27?,28?,30?,31-,32?/m0/s1. The van der Waals surface area contributed by atoms with Crippen LogP contribution in [0, 0.1) is 51.8 Å². The third-order valence-electron chi connectivity index (χ3n) is 12.6. The maximum atomic E-state index is 13.7. The Morgan fingerprint density at radius 2 is 1.38 bits per heavy atom. The predicted octanol–water partition coefficient (Wildman–Crippen LogP) is 8.20. The second-order valence-electron chi connectivity index (χ2n) is 13.7. The number of rotatable bonds is 3. The average molecular weight is 463 g/mol. The first kappa shape index (κ1) is 23.1. The highest BCUT2D eigenvalue weighted by molar-refractivity contribution is 5.78. The minimum Gasteiger partial charge on any atom is -0.460 e. The molecule has 5 fully saturated rings. The normalized spacial score (nSPS) is 47.6. The summed E-state index contributed by atoms with van der Waals surface area (Å²) in [5.74, 6) is 5.04. The van der Waals surface area contributed by atoms with Crippen molar-refractivity contribution in [3.8, 4) is 0 Å². The Hall–Kier alpha value is -1.31. The van der Waals surface area contributed by atoms with E-state index in [1.165, 1.54) is 64.2 Å². The van der Waals surface area contributed by atoms with Crippen LogP contribution in [0.2, 0.25) is 0 Å². The molecule has 6 rings (SSSR count). The number of carbonyl (C=O) groups excluding carboxylic acids is 1. The fourth-order valence-electron chi connectivity index (χ4n) is 11.0. The number of carbonyl (C=O) groups is 1. The SMILES string of the molecule is CC1CCCC2(C)C1CCC1C2CCC2C3CCCC3(C(=O)OCc3ccccc3)CC[C@]21C. The first-order chi connectivity index (χ1) is 16.4. The quantitative estimate of drug-likeness (QED) is 0.423. The Balaban J connectivity index is 1.24. The van der Waals surface area contributed by atoms with Crippen molar-refractivity contribution in [3.63, 3.8) is 0 Å².